The summed E-state index contributed by atoms with van der Waals surface area (Å²) in [4.78, 5) is 13.7. The van der Waals surface area contributed by atoms with Crippen LogP contribution in [0.25, 0.3) is 0 Å². The molecule has 0 radical (unpaired) electrons. The third-order valence-electron chi connectivity index (χ3n) is 2.49. The number of amides is 1. The van der Waals surface area contributed by atoms with Crippen molar-refractivity contribution in [1.29, 1.82) is 0 Å². The summed E-state index contributed by atoms with van der Waals surface area (Å²) in [6.45, 7) is 4.59. The zero-order valence-electron chi connectivity index (χ0n) is 10.2. The number of carbonyl (C=O) groups excluding carboxylic acids is 1. The Morgan fingerprint density at radius 1 is 1.53 bits per heavy atom. The van der Waals surface area contributed by atoms with Crippen molar-refractivity contribution in [1.82, 2.24) is 4.90 Å². The molecule has 3 heteroatoms. The molecule has 90 valence electrons. The first kappa shape index (κ1) is 13.2. The molecule has 1 aromatic carbocycles. The summed E-state index contributed by atoms with van der Waals surface area (Å²) < 4.78 is 13.1. The fourth-order valence-electron chi connectivity index (χ4n) is 1.63. The molecule has 0 bridgehead atoms. The summed E-state index contributed by atoms with van der Waals surface area (Å²) in [5, 5.41) is 0. The fraction of sp³-hybridized carbons (Fsp3) is 0.357. The number of carbonyl (C=O) groups is 1. The average Bonchev–Trinajstić information content (AvgIpc) is 2.31. The maximum absolute atomic E-state index is 13.1. The minimum Gasteiger partial charge on any atom is -0.328 e. The first-order valence-corrected chi connectivity index (χ1v) is 5.59. The highest BCUT2D eigenvalue weighted by Crippen LogP contribution is 2.13. The van der Waals surface area contributed by atoms with Crippen LogP contribution in [0.4, 0.5) is 4.39 Å². The topological polar surface area (TPSA) is 20.3 Å². The monoisotopic (exact) mass is 233 g/mol. The largest absolute Gasteiger partial charge is 0.328 e. The Morgan fingerprint density at radius 2 is 2.24 bits per heavy atom. The quantitative estimate of drug-likeness (QED) is 0.732. The average molecular weight is 233 g/mol. The third kappa shape index (κ3) is 3.32. The van der Waals surface area contributed by atoms with E-state index < -0.39 is 5.82 Å². The number of rotatable bonds is 4. The number of hydrogen-bond acceptors (Lipinski definition) is 1. The number of hydrogen-bond donors (Lipinski definition) is 0. The van der Waals surface area contributed by atoms with Gasteiger partial charge in [-0.05, 0) is 31.0 Å². The van der Waals surface area contributed by atoms with Crippen LogP contribution >= 0.6 is 0 Å². The number of terminal acetylenes is 1. The van der Waals surface area contributed by atoms with Crippen LogP contribution in [0.15, 0.2) is 18.2 Å². The second-order valence-corrected chi connectivity index (χ2v) is 3.89. The van der Waals surface area contributed by atoms with E-state index in [9.17, 15) is 9.18 Å². The van der Waals surface area contributed by atoms with Crippen LogP contribution in [-0.2, 0) is 0 Å². The molecule has 0 N–H and O–H groups in total. The van der Waals surface area contributed by atoms with Crippen LogP contribution in [0, 0.1) is 25.1 Å². The third-order valence-corrected chi connectivity index (χ3v) is 2.49. The lowest BCUT2D eigenvalue weighted by Gasteiger charge is -2.20. The summed E-state index contributed by atoms with van der Waals surface area (Å²) in [7, 11) is 0. The van der Waals surface area contributed by atoms with E-state index in [1.54, 1.807) is 17.9 Å². The molecule has 0 aliphatic heterocycles. The van der Waals surface area contributed by atoms with Gasteiger partial charge in [-0.1, -0.05) is 18.9 Å². The summed E-state index contributed by atoms with van der Waals surface area (Å²) in [5.74, 6) is 1.84. The van der Waals surface area contributed by atoms with E-state index in [1.807, 2.05) is 6.92 Å². The minimum absolute atomic E-state index is 0.207. The molecule has 1 rings (SSSR count). The van der Waals surface area contributed by atoms with E-state index in [2.05, 4.69) is 5.92 Å². The molecule has 0 saturated carbocycles. The molecule has 1 aromatic rings. The first-order valence-electron chi connectivity index (χ1n) is 5.59. The Kier molecular flexibility index (Phi) is 4.71. The molecular formula is C14H16FNO. The van der Waals surface area contributed by atoms with Crippen molar-refractivity contribution in [2.45, 2.75) is 20.3 Å². The normalized spacial score (nSPS) is 9.76. The van der Waals surface area contributed by atoms with Crippen molar-refractivity contribution in [3.05, 3.63) is 35.1 Å². The van der Waals surface area contributed by atoms with E-state index in [0.29, 0.717) is 12.1 Å². The lowest BCUT2D eigenvalue weighted by Crippen LogP contribution is -2.32. The van der Waals surface area contributed by atoms with Crippen molar-refractivity contribution in [3.8, 4) is 12.3 Å². The molecule has 0 atom stereocenters. The van der Waals surface area contributed by atoms with Gasteiger partial charge < -0.3 is 4.90 Å². The predicted molar refractivity (Wildman–Crippen MR) is 66.2 cm³/mol. The maximum atomic E-state index is 13.1. The Labute approximate surface area is 101 Å². The van der Waals surface area contributed by atoms with Crippen LogP contribution in [0.1, 0.15) is 29.3 Å². The van der Waals surface area contributed by atoms with E-state index in [0.717, 1.165) is 12.0 Å². The van der Waals surface area contributed by atoms with Crippen LogP contribution in [0.2, 0.25) is 0 Å². The van der Waals surface area contributed by atoms with Gasteiger partial charge >= 0.3 is 0 Å². The van der Waals surface area contributed by atoms with Crippen molar-refractivity contribution >= 4 is 5.91 Å². The molecule has 0 spiro atoms. The van der Waals surface area contributed by atoms with Crippen LogP contribution < -0.4 is 0 Å². The zero-order chi connectivity index (χ0) is 12.8. The Bertz CT molecular complexity index is 448. The van der Waals surface area contributed by atoms with Gasteiger partial charge in [0, 0.05) is 12.1 Å². The van der Waals surface area contributed by atoms with Gasteiger partial charge in [0.25, 0.3) is 5.91 Å². The molecule has 0 aliphatic carbocycles. The summed E-state index contributed by atoms with van der Waals surface area (Å²) in [5.41, 5.74) is 1.14. The Morgan fingerprint density at radius 3 is 2.82 bits per heavy atom. The molecule has 0 aliphatic rings. The SMILES string of the molecule is C#CCN(CCC)C(=O)c1cc(F)ccc1C. The second kappa shape index (κ2) is 6.05. The van der Waals surface area contributed by atoms with Gasteiger partial charge in [0.05, 0.1) is 6.54 Å². The van der Waals surface area contributed by atoms with Gasteiger partial charge in [-0.15, -0.1) is 6.42 Å². The molecule has 0 fully saturated rings. The van der Waals surface area contributed by atoms with Crippen molar-refractivity contribution < 1.29 is 9.18 Å². The minimum atomic E-state index is -0.406. The standard InChI is InChI=1S/C14H16FNO/c1-4-8-16(9-5-2)14(17)13-10-12(15)7-6-11(13)3/h1,6-7,10H,5,8-9H2,2-3H3. The van der Waals surface area contributed by atoms with E-state index >= 15 is 0 Å². The van der Waals surface area contributed by atoms with E-state index in [4.69, 9.17) is 6.42 Å². The van der Waals surface area contributed by atoms with Gasteiger partial charge in [-0.3, -0.25) is 4.79 Å². The molecule has 0 heterocycles. The van der Waals surface area contributed by atoms with Crippen LogP contribution in [-0.4, -0.2) is 23.9 Å². The van der Waals surface area contributed by atoms with Crippen molar-refractivity contribution in [3.63, 3.8) is 0 Å². The molecule has 17 heavy (non-hydrogen) atoms. The van der Waals surface area contributed by atoms with Gasteiger partial charge in [0.15, 0.2) is 0 Å². The number of aryl methyl sites for hydroxylation is 1. The highest BCUT2D eigenvalue weighted by atomic mass is 19.1. The molecule has 0 saturated heterocycles. The lowest BCUT2D eigenvalue weighted by atomic mass is 10.1. The van der Waals surface area contributed by atoms with Gasteiger partial charge in [0.2, 0.25) is 0 Å². The number of benzene rings is 1. The van der Waals surface area contributed by atoms with E-state index in [1.165, 1.54) is 12.1 Å². The predicted octanol–water partition coefficient (Wildman–Crippen LogP) is 2.62. The van der Waals surface area contributed by atoms with Gasteiger partial charge in [-0.2, -0.15) is 0 Å². The van der Waals surface area contributed by atoms with Gasteiger partial charge in [0.1, 0.15) is 5.82 Å². The zero-order valence-corrected chi connectivity index (χ0v) is 10.2. The molecule has 1 amide bonds. The fourth-order valence-corrected chi connectivity index (χ4v) is 1.63. The molecule has 2 nitrogen and oxygen atoms in total. The molecule has 0 aromatic heterocycles. The lowest BCUT2D eigenvalue weighted by molar-refractivity contribution is 0.0775. The van der Waals surface area contributed by atoms with Gasteiger partial charge in [-0.25, -0.2) is 4.39 Å². The first-order chi connectivity index (χ1) is 8.10. The summed E-state index contributed by atoms with van der Waals surface area (Å²) in [6.07, 6.45) is 6.05. The van der Waals surface area contributed by atoms with Crippen LogP contribution in [0.5, 0.6) is 0 Å². The molecule has 0 unspecified atom stereocenters. The van der Waals surface area contributed by atoms with Crippen LogP contribution in [0.3, 0.4) is 0 Å². The van der Waals surface area contributed by atoms with Crippen molar-refractivity contribution in [2.75, 3.05) is 13.1 Å². The van der Waals surface area contributed by atoms with E-state index in [-0.39, 0.29) is 12.5 Å². The van der Waals surface area contributed by atoms with Crippen molar-refractivity contribution in [2.24, 2.45) is 0 Å². The Balaban J connectivity index is 3.00. The Hall–Kier alpha value is -1.82. The highest BCUT2D eigenvalue weighted by molar-refractivity contribution is 5.95. The summed E-state index contributed by atoms with van der Waals surface area (Å²) >= 11 is 0. The number of nitrogens with zero attached hydrogens (tertiary/aromatic N) is 1. The highest BCUT2D eigenvalue weighted by Gasteiger charge is 2.16. The smallest absolute Gasteiger partial charge is 0.255 e. The second-order valence-electron chi connectivity index (χ2n) is 3.89. The summed E-state index contributed by atoms with van der Waals surface area (Å²) in [6, 6.07) is 4.21. The molecular weight excluding hydrogens is 217 g/mol. The maximum Gasteiger partial charge on any atom is 0.255 e. The number of halogens is 1.